The summed E-state index contributed by atoms with van der Waals surface area (Å²) in [4.78, 5) is 52.4. The predicted octanol–water partition coefficient (Wildman–Crippen LogP) is 6.14. The van der Waals surface area contributed by atoms with Gasteiger partial charge in [0.15, 0.2) is 0 Å². The molecule has 2 amide bonds. The first-order valence-electron chi connectivity index (χ1n) is 16.7. The van der Waals surface area contributed by atoms with Crippen molar-refractivity contribution in [3.63, 3.8) is 0 Å². The first kappa shape index (κ1) is 37.9. The molecule has 3 aliphatic rings. The number of carbonyl (C=O) groups excluding carboxylic acids is 3. The largest absolute Gasteiger partial charge is 0.462 e. The lowest BCUT2D eigenvalue weighted by Crippen LogP contribution is -2.53. The van der Waals surface area contributed by atoms with Gasteiger partial charge in [0, 0.05) is 44.3 Å². The number of nitro benzene ring substituents is 1. The number of anilines is 2. The van der Waals surface area contributed by atoms with E-state index >= 15 is 0 Å². The summed E-state index contributed by atoms with van der Waals surface area (Å²) >= 11 is 6.74. The van der Waals surface area contributed by atoms with Crippen molar-refractivity contribution in [2.75, 3.05) is 24.4 Å². The fourth-order valence-electron chi connectivity index (χ4n) is 7.07. The van der Waals surface area contributed by atoms with Crippen molar-refractivity contribution in [1.82, 2.24) is 0 Å². The molecule has 4 bridgehead atoms. The highest BCUT2D eigenvalue weighted by atomic mass is 35.5. The monoisotopic (exact) mass is 725 g/mol. The van der Waals surface area contributed by atoms with Crippen molar-refractivity contribution < 1.29 is 43.4 Å². The molecule has 2 N–H and O–H groups in total. The lowest BCUT2D eigenvalue weighted by atomic mass is 9.78. The number of nitrogens with zero attached hydrogens (tertiary/aromatic N) is 2. The second kappa shape index (κ2) is 14.7. The Morgan fingerprint density at radius 2 is 1.90 bits per heavy atom. The van der Waals surface area contributed by atoms with Crippen LogP contribution in [0.15, 0.2) is 54.1 Å². The molecule has 3 aliphatic heterocycles. The van der Waals surface area contributed by atoms with Gasteiger partial charge in [-0.1, -0.05) is 48.4 Å². The van der Waals surface area contributed by atoms with Gasteiger partial charge in [-0.05, 0) is 62.9 Å². The first-order valence-corrected chi connectivity index (χ1v) is 17.1. The minimum absolute atomic E-state index is 0.0537. The van der Waals surface area contributed by atoms with E-state index in [4.69, 9.17) is 30.5 Å². The van der Waals surface area contributed by atoms with E-state index in [1.165, 1.54) is 30.2 Å². The SMILES string of the molecule is CO[C@@H]1/C=C/C=C(\C)Cc2cc(C)c(Cl)c(c2)N(C)C(=O)C[C@H](OC(=O)Nc2ccc([N+](=O)[O-])cc2C)[C@]2(C)O[C@H]2[C@H](C)[C@@H]2C[C@@]1(O)CC(=O)O2. The number of aryl methyl sites for hydroxylation is 2. The third-order valence-electron chi connectivity index (χ3n) is 10.1. The van der Waals surface area contributed by atoms with Crippen LogP contribution in [-0.4, -0.2) is 77.8 Å². The lowest BCUT2D eigenvalue weighted by Gasteiger charge is -2.41. The van der Waals surface area contributed by atoms with Crippen LogP contribution in [0.25, 0.3) is 0 Å². The number of ether oxygens (including phenoxy) is 4. The van der Waals surface area contributed by atoms with Crippen LogP contribution in [0.2, 0.25) is 5.02 Å². The summed E-state index contributed by atoms with van der Waals surface area (Å²) in [6.07, 6.45) is 1.13. The highest BCUT2D eigenvalue weighted by Gasteiger charge is 2.64. The van der Waals surface area contributed by atoms with Gasteiger partial charge in [-0.25, -0.2) is 4.79 Å². The van der Waals surface area contributed by atoms with E-state index in [-0.39, 0.29) is 30.6 Å². The Bertz CT molecular complexity index is 1800. The molecule has 0 radical (unpaired) electrons. The van der Waals surface area contributed by atoms with E-state index in [1.54, 1.807) is 33.0 Å². The van der Waals surface area contributed by atoms with Crippen LogP contribution < -0.4 is 10.2 Å². The minimum atomic E-state index is -1.57. The second-order valence-electron chi connectivity index (χ2n) is 14.0. The number of non-ortho nitro benzene ring substituents is 1. The van der Waals surface area contributed by atoms with Crippen molar-refractivity contribution in [3.8, 4) is 0 Å². The highest BCUT2D eigenvalue weighted by molar-refractivity contribution is 6.34. The second-order valence-corrected chi connectivity index (χ2v) is 14.4. The van der Waals surface area contributed by atoms with Gasteiger partial charge in [0.2, 0.25) is 5.91 Å². The first-order chi connectivity index (χ1) is 23.9. The number of benzene rings is 2. The summed E-state index contributed by atoms with van der Waals surface area (Å²) < 4.78 is 23.6. The summed E-state index contributed by atoms with van der Waals surface area (Å²) in [7, 11) is 3.07. The molecular formula is C37H44ClN3O10. The van der Waals surface area contributed by atoms with E-state index in [9.17, 15) is 29.6 Å². The van der Waals surface area contributed by atoms with Crippen LogP contribution in [0.1, 0.15) is 56.7 Å². The number of amides is 2. The number of rotatable bonds is 4. The quantitative estimate of drug-likeness (QED) is 0.162. The highest BCUT2D eigenvalue weighted by Crippen LogP contribution is 2.49. The molecule has 14 heteroatoms. The topological polar surface area (TPSA) is 170 Å². The number of nitro groups is 1. The van der Waals surface area contributed by atoms with Crippen LogP contribution in [0.5, 0.6) is 0 Å². The van der Waals surface area contributed by atoms with E-state index in [1.807, 2.05) is 39.0 Å². The van der Waals surface area contributed by atoms with Crippen LogP contribution >= 0.6 is 11.6 Å². The molecule has 0 aromatic heterocycles. The van der Waals surface area contributed by atoms with Crippen molar-refractivity contribution in [1.29, 1.82) is 0 Å². The minimum Gasteiger partial charge on any atom is -0.462 e. The summed E-state index contributed by atoms with van der Waals surface area (Å²) in [5, 5.41) is 26.0. The fourth-order valence-corrected chi connectivity index (χ4v) is 7.30. The van der Waals surface area contributed by atoms with Gasteiger partial charge in [0.1, 0.15) is 29.5 Å². The Balaban J connectivity index is 1.52. The number of carbonyl (C=O) groups is 3. The molecule has 3 heterocycles. The molecule has 0 aliphatic carbocycles. The predicted molar refractivity (Wildman–Crippen MR) is 190 cm³/mol. The summed E-state index contributed by atoms with van der Waals surface area (Å²) in [6.45, 7) is 8.94. The maximum Gasteiger partial charge on any atom is 0.412 e. The number of fused-ring (bicyclic) bond motifs is 5. The lowest BCUT2D eigenvalue weighted by molar-refractivity contribution is -0.384. The zero-order valence-electron chi connectivity index (χ0n) is 29.7. The number of allylic oxidation sites excluding steroid dienone is 3. The Hall–Kier alpha value is -4.30. The van der Waals surface area contributed by atoms with Crippen molar-refractivity contribution >= 4 is 46.6 Å². The van der Waals surface area contributed by atoms with E-state index < -0.39 is 64.4 Å². The number of epoxide rings is 1. The molecule has 7 atom stereocenters. The summed E-state index contributed by atoms with van der Waals surface area (Å²) in [6, 6.07) is 7.77. The molecule has 13 nitrogen and oxygen atoms in total. The van der Waals surface area contributed by atoms with Gasteiger partial charge in [-0.2, -0.15) is 0 Å². The van der Waals surface area contributed by atoms with Gasteiger partial charge >= 0.3 is 12.1 Å². The van der Waals surface area contributed by atoms with Gasteiger partial charge in [0.25, 0.3) is 5.69 Å². The molecule has 5 rings (SSSR count). The van der Waals surface area contributed by atoms with Crippen LogP contribution in [-0.2, 0) is 35.0 Å². The Morgan fingerprint density at radius 1 is 1.18 bits per heavy atom. The molecule has 2 saturated heterocycles. The molecule has 0 spiro atoms. The van der Waals surface area contributed by atoms with Crippen LogP contribution in [0.4, 0.5) is 21.9 Å². The van der Waals surface area contributed by atoms with E-state index in [0.29, 0.717) is 22.7 Å². The molecule has 0 saturated carbocycles. The fraction of sp³-hybridized carbons (Fsp3) is 0.486. The third-order valence-corrected chi connectivity index (χ3v) is 10.6. The van der Waals surface area contributed by atoms with E-state index in [2.05, 4.69) is 5.32 Å². The summed E-state index contributed by atoms with van der Waals surface area (Å²) in [5.41, 5.74) is 0.950. The van der Waals surface area contributed by atoms with Crippen LogP contribution in [0, 0.1) is 29.9 Å². The van der Waals surface area contributed by atoms with Crippen molar-refractivity contribution in [2.45, 2.75) is 95.9 Å². The van der Waals surface area contributed by atoms with Gasteiger partial charge in [0.05, 0.1) is 34.6 Å². The van der Waals surface area contributed by atoms with Crippen molar-refractivity contribution in [3.05, 3.63) is 86.0 Å². The molecule has 274 valence electrons. The maximum atomic E-state index is 14.0. The standard InChI is InChI=1S/C37H44ClN3O10/c1-20-9-8-10-29(48-7)37(45)18-28(49-32(43)19-37)23(4)34-36(5,51-34)30(50-35(44)39-26-12-11-25(41(46)47)15-21(26)2)17-31(42)40(6)27-16-24(13-20)14-22(3)33(27)38/h8-12,14-16,23,28-30,34,45H,13,17-19H2,1-7H3,(H,39,44)/b10-8+,20-9+/t23-,28+,29-,30+,34+,36+,37-/m1/s1. The molecule has 2 aromatic rings. The maximum absolute atomic E-state index is 14.0. The average Bonchev–Trinajstić information content (AvgIpc) is 3.75. The molecular weight excluding hydrogens is 682 g/mol. The Morgan fingerprint density at radius 3 is 2.57 bits per heavy atom. The van der Waals surface area contributed by atoms with Gasteiger partial charge in [-0.3, -0.25) is 25.0 Å². The number of esters is 1. The normalized spacial score (nSPS) is 31.4. The molecule has 2 aromatic carbocycles. The zero-order valence-corrected chi connectivity index (χ0v) is 30.5. The number of halogens is 1. The van der Waals surface area contributed by atoms with Gasteiger partial charge in [-0.15, -0.1) is 0 Å². The van der Waals surface area contributed by atoms with Crippen LogP contribution in [0.3, 0.4) is 0 Å². The zero-order chi connectivity index (χ0) is 37.4. The summed E-state index contributed by atoms with van der Waals surface area (Å²) in [5.74, 6) is -1.50. The number of nitrogens with one attached hydrogen (secondary N) is 1. The number of hydrogen-bond acceptors (Lipinski definition) is 10. The van der Waals surface area contributed by atoms with Crippen molar-refractivity contribution in [2.24, 2.45) is 5.92 Å². The van der Waals surface area contributed by atoms with Gasteiger partial charge < -0.3 is 29.0 Å². The van der Waals surface area contributed by atoms with E-state index in [0.717, 1.165) is 16.7 Å². The molecule has 51 heavy (non-hydrogen) atoms. The third kappa shape index (κ3) is 8.12. The Labute approximate surface area is 301 Å². The number of aliphatic hydroxyl groups is 1. The number of methoxy groups -OCH3 is 1. The smallest absolute Gasteiger partial charge is 0.412 e. The Kier molecular flexibility index (Phi) is 11.0. The molecule has 2 fully saturated rings. The molecule has 0 unspecified atom stereocenters. The average molecular weight is 726 g/mol. The number of hydrogen-bond donors (Lipinski definition) is 2.